The second-order valence-corrected chi connectivity index (χ2v) is 10.9. The Hall–Kier alpha value is -4.02. The molecule has 0 bridgehead atoms. The lowest BCUT2D eigenvalue weighted by Crippen LogP contribution is -2.43. The third-order valence-electron chi connectivity index (χ3n) is 7.99. The third-order valence-corrected chi connectivity index (χ3v) is 7.99. The lowest BCUT2D eigenvalue weighted by Gasteiger charge is -2.31. The van der Waals surface area contributed by atoms with Crippen LogP contribution in [0, 0.1) is 11.6 Å². The van der Waals surface area contributed by atoms with Crippen molar-refractivity contribution in [3.05, 3.63) is 82.9 Å². The molecule has 10 heteroatoms. The van der Waals surface area contributed by atoms with Gasteiger partial charge in [-0.15, -0.1) is 0 Å². The van der Waals surface area contributed by atoms with Gasteiger partial charge in [-0.1, -0.05) is 6.07 Å². The van der Waals surface area contributed by atoms with Gasteiger partial charge in [0.25, 0.3) is 5.91 Å². The number of benzene rings is 3. The van der Waals surface area contributed by atoms with Crippen LogP contribution in [-0.2, 0) is 17.7 Å². The molecule has 0 radical (unpaired) electrons. The Labute approximate surface area is 244 Å². The Balaban J connectivity index is 1.30. The highest BCUT2D eigenvalue weighted by Gasteiger charge is 2.22. The van der Waals surface area contributed by atoms with E-state index < -0.39 is 11.6 Å². The number of carbonyl (C=O) groups is 1. The summed E-state index contributed by atoms with van der Waals surface area (Å²) in [6.07, 6.45) is 2.10. The molecule has 4 aromatic rings. The first-order chi connectivity index (χ1) is 20.5. The molecule has 0 spiro atoms. The van der Waals surface area contributed by atoms with Gasteiger partial charge < -0.3 is 25.6 Å². The van der Waals surface area contributed by atoms with Gasteiger partial charge in [-0.3, -0.25) is 9.48 Å². The second-order valence-electron chi connectivity index (χ2n) is 10.9. The van der Waals surface area contributed by atoms with E-state index in [0.717, 1.165) is 72.9 Å². The number of carbonyl (C=O) groups excluding carboxylic acids is 1. The molecule has 2 aliphatic heterocycles. The van der Waals surface area contributed by atoms with Crippen molar-refractivity contribution in [2.75, 3.05) is 54.9 Å². The minimum Gasteiger partial charge on any atom is -0.381 e. The van der Waals surface area contributed by atoms with Crippen molar-refractivity contribution >= 4 is 34.0 Å². The Morgan fingerprint density at radius 2 is 1.76 bits per heavy atom. The van der Waals surface area contributed by atoms with Gasteiger partial charge in [0.1, 0.15) is 11.6 Å². The largest absolute Gasteiger partial charge is 0.381 e. The molecular formula is C32H36F2N6O2. The zero-order chi connectivity index (χ0) is 29.1. The number of rotatable bonds is 8. The van der Waals surface area contributed by atoms with E-state index in [2.05, 4.69) is 26.9 Å². The van der Waals surface area contributed by atoms with Gasteiger partial charge in [0.2, 0.25) is 0 Å². The zero-order valence-electron chi connectivity index (χ0n) is 23.8. The van der Waals surface area contributed by atoms with Gasteiger partial charge in [-0.25, -0.2) is 8.78 Å². The average Bonchev–Trinajstić information content (AvgIpc) is 3.34. The van der Waals surface area contributed by atoms with Crippen molar-refractivity contribution in [2.45, 2.75) is 38.8 Å². The fraction of sp³-hybridized carbons (Fsp3) is 0.375. The molecule has 6 rings (SSSR count). The number of halogens is 2. The highest BCUT2D eigenvalue weighted by atomic mass is 19.1. The van der Waals surface area contributed by atoms with E-state index in [0.29, 0.717) is 43.1 Å². The monoisotopic (exact) mass is 574 g/mol. The van der Waals surface area contributed by atoms with Gasteiger partial charge in [-0.05, 0) is 79.8 Å². The van der Waals surface area contributed by atoms with E-state index in [-0.39, 0.29) is 11.9 Å². The van der Waals surface area contributed by atoms with Crippen molar-refractivity contribution in [2.24, 2.45) is 0 Å². The summed E-state index contributed by atoms with van der Waals surface area (Å²) in [4.78, 5) is 16.2. The average molecular weight is 575 g/mol. The molecule has 3 aromatic carbocycles. The molecule has 2 fully saturated rings. The summed E-state index contributed by atoms with van der Waals surface area (Å²) in [5, 5.41) is 15.5. The normalized spacial score (nSPS) is 16.1. The standard InChI is InChI=1S/C32H36F2N6O2/c1-2-40-30-6-3-21(15-22-16-23(33)19-24(34)17-22)18-28(30)31(38-40)37-32(41)27-5-4-26(39-11-9-35-10-12-39)20-29(27)36-25-7-13-42-14-8-25/h3-6,16-20,25,35-36H,2,7-15H2,1H3,(H,37,38,41). The number of piperazine rings is 1. The molecule has 2 aliphatic rings. The summed E-state index contributed by atoms with van der Waals surface area (Å²) in [5.41, 5.74) is 4.70. The van der Waals surface area contributed by atoms with Crippen molar-refractivity contribution in [3.63, 3.8) is 0 Å². The predicted molar refractivity (Wildman–Crippen MR) is 162 cm³/mol. The molecule has 42 heavy (non-hydrogen) atoms. The van der Waals surface area contributed by atoms with Crippen LogP contribution in [0.25, 0.3) is 10.9 Å². The van der Waals surface area contributed by atoms with Gasteiger partial charge in [0, 0.05) is 74.8 Å². The van der Waals surface area contributed by atoms with Gasteiger partial charge >= 0.3 is 0 Å². The smallest absolute Gasteiger partial charge is 0.258 e. The van der Waals surface area contributed by atoms with Gasteiger partial charge in [0.05, 0.1) is 11.1 Å². The first-order valence-electron chi connectivity index (χ1n) is 14.7. The summed E-state index contributed by atoms with van der Waals surface area (Å²) >= 11 is 0. The summed E-state index contributed by atoms with van der Waals surface area (Å²) in [6, 6.07) is 15.5. The van der Waals surface area contributed by atoms with Crippen molar-refractivity contribution in [1.29, 1.82) is 0 Å². The summed E-state index contributed by atoms with van der Waals surface area (Å²) in [7, 11) is 0. The molecule has 0 aliphatic carbocycles. The minimum atomic E-state index is -0.606. The molecule has 0 unspecified atom stereocenters. The van der Waals surface area contributed by atoms with Crippen LogP contribution in [0.15, 0.2) is 54.6 Å². The number of nitrogens with zero attached hydrogens (tertiary/aromatic N) is 3. The number of hydrogen-bond acceptors (Lipinski definition) is 6. The topological polar surface area (TPSA) is 83.5 Å². The number of fused-ring (bicyclic) bond motifs is 1. The maximum atomic E-state index is 13.8. The van der Waals surface area contributed by atoms with Crippen molar-refractivity contribution in [3.8, 4) is 0 Å². The lowest BCUT2D eigenvalue weighted by molar-refractivity contribution is 0.0904. The number of hydrogen-bond donors (Lipinski definition) is 3. The van der Waals surface area contributed by atoms with E-state index in [1.165, 1.54) is 12.1 Å². The number of aryl methyl sites for hydroxylation is 1. The molecule has 3 heterocycles. The number of anilines is 3. The van der Waals surface area contributed by atoms with Crippen LogP contribution in [0.4, 0.5) is 26.0 Å². The van der Waals surface area contributed by atoms with Crippen LogP contribution >= 0.6 is 0 Å². The molecular weight excluding hydrogens is 538 g/mol. The maximum Gasteiger partial charge on any atom is 0.258 e. The quantitative estimate of drug-likeness (QED) is 0.269. The van der Waals surface area contributed by atoms with Gasteiger partial charge in [0.15, 0.2) is 5.82 Å². The van der Waals surface area contributed by atoms with Crippen LogP contribution in [0.1, 0.15) is 41.3 Å². The Bertz CT molecular complexity index is 1560. The van der Waals surface area contributed by atoms with Crippen LogP contribution < -0.4 is 20.9 Å². The Morgan fingerprint density at radius 1 is 1.00 bits per heavy atom. The van der Waals surface area contributed by atoms with Crippen molar-refractivity contribution in [1.82, 2.24) is 15.1 Å². The summed E-state index contributed by atoms with van der Waals surface area (Å²) in [5.74, 6) is -1.01. The van der Waals surface area contributed by atoms with E-state index in [1.54, 1.807) is 0 Å². The van der Waals surface area contributed by atoms with E-state index >= 15 is 0 Å². The van der Waals surface area contributed by atoms with Gasteiger partial charge in [-0.2, -0.15) is 5.10 Å². The zero-order valence-corrected chi connectivity index (χ0v) is 23.8. The van der Waals surface area contributed by atoms with Crippen LogP contribution in [0.2, 0.25) is 0 Å². The molecule has 2 saturated heterocycles. The van der Waals surface area contributed by atoms with E-state index in [1.807, 2.05) is 41.9 Å². The predicted octanol–water partition coefficient (Wildman–Crippen LogP) is 5.18. The first-order valence-corrected chi connectivity index (χ1v) is 14.7. The molecule has 3 N–H and O–H groups in total. The Kier molecular flexibility index (Phi) is 8.34. The number of nitrogens with one attached hydrogen (secondary N) is 3. The minimum absolute atomic E-state index is 0.221. The second kappa shape index (κ2) is 12.5. The molecule has 220 valence electrons. The third kappa shape index (κ3) is 6.24. The SMILES string of the molecule is CCn1nc(NC(=O)c2ccc(N3CCNCC3)cc2NC2CCOCC2)c2cc(Cc3cc(F)cc(F)c3)ccc21. The van der Waals surface area contributed by atoms with Crippen LogP contribution in [0.3, 0.4) is 0 Å². The fourth-order valence-electron chi connectivity index (χ4n) is 5.82. The molecule has 1 aromatic heterocycles. The lowest BCUT2D eigenvalue weighted by atomic mass is 10.0. The highest BCUT2D eigenvalue weighted by molar-refractivity contribution is 6.11. The van der Waals surface area contributed by atoms with Crippen LogP contribution in [-0.4, -0.2) is 61.1 Å². The number of amides is 1. The summed E-state index contributed by atoms with van der Waals surface area (Å²) in [6.45, 7) is 7.68. The van der Waals surface area contributed by atoms with Crippen LogP contribution in [0.5, 0.6) is 0 Å². The highest BCUT2D eigenvalue weighted by Crippen LogP contribution is 2.30. The summed E-state index contributed by atoms with van der Waals surface area (Å²) < 4.78 is 35.0. The Morgan fingerprint density at radius 3 is 2.50 bits per heavy atom. The fourth-order valence-corrected chi connectivity index (χ4v) is 5.82. The maximum absolute atomic E-state index is 13.8. The van der Waals surface area contributed by atoms with Crippen molar-refractivity contribution < 1.29 is 18.3 Å². The molecule has 8 nitrogen and oxygen atoms in total. The number of aromatic nitrogens is 2. The molecule has 0 atom stereocenters. The van der Waals surface area contributed by atoms with E-state index in [9.17, 15) is 13.6 Å². The molecule has 0 saturated carbocycles. The molecule has 1 amide bonds. The number of ether oxygens (including phenoxy) is 1. The van der Waals surface area contributed by atoms with E-state index in [4.69, 9.17) is 9.84 Å². The first kappa shape index (κ1) is 28.1.